The van der Waals surface area contributed by atoms with E-state index in [1.807, 2.05) is 0 Å². The molecule has 0 unspecified atom stereocenters. The van der Waals surface area contributed by atoms with E-state index in [1.54, 1.807) is 54.6 Å². The summed E-state index contributed by atoms with van der Waals surface area (Å²) < 4.78 is 28.2. The van der Waals surface area contributed by atoms with Gasteiger partial charge in [0.05, 0.1) is 20.6 Å². The number of hydrogen-bond donors (Lipinski definition) is 1. The zero-order valence-electron chi connectivity index (χ0n) is 14.8. The van der Waals surface area contributed by atoms with Crippen LogP contribution in [0.25, 0.3) is 0 Å². The van der Waals surface area contributed by atoms with Gasteiger partial charge in [0.2, 0.25) is 5.91 Å². The summed E-state index contributed by atoms with van der Waals surface area (Å²) >= 11 is 15.2. The van der Waals surface area contributed by atoms with E-state index in [0.717, 1.165) is 4.31 Å². The third-order valence-electron chi connectivity index (χ3n) is 3.92. The summed E-state index contributed by atoms with van der Waals surface area (Å²) in [6.07, 6.45) is 0. The van der Waals surface area contributed by atoms with Crippen molar-refractivity contribution in [2.24, 2.45) is 0 Å². The summed E-state index contributed by atoms with van der Waals surface area (Å²) in [7, 11) is -3.97. The number of nitrogens with one attached hydrogen (secondary N) is 1. The third-order valence-corrected chi connectivity index (χ3v) is 6.94. The molecule has 5 nitrogen and oxygen atoms in total. The minimum absolute atomic E-state index is 0.0855. The van der Waals surface area contributed by atoms with Gasteiger partial charge in [-0.3, -0.25) is 9.10 Å². The number of sulfonamides is 1. The van der Waals surface area contributed by atoms with Crippen LogP contribution in [-0.4, -0.2) is 20.9 Å². The van der Waals surface area contributed by atoms with Crippen molar-refractivity contribution < 1.29 is 13.2 Å². The lowest BCUT2D eigenvalue weighted by molar-refractivity contribution is -0.114. The van der Waals surface area contributed by atoms with Crippen molar-refractivity contribution in [1.29, 1.82) is 0 Å². The second-order valence-corrected chi connectivity index (χ2v) is 9.57. The van der Waals surface area contributed by atoms with Gasteiger partial charge in [0.15, 0.2) is 0 Å². The zero-order chi connectivity index (χ0) is 21.0. The van der Waals surface area contributed by atoms with Crippen molar-refractivity contribution in [3.8, 4) is 0 Å². The topological polar surface area (TPSA) is 66.5 Å². The smallest absolute Gasteiger partial charge is 0.264 e. The third kappa shape index (κ3) is 5.30. The number of benzene rings is 3. The molecule has 0 aliphatic carbocycles. The van der Waals surface area contributed by atoms with Crippen LogP contribution in [0.5, 0.6) is 0 Å². The SMILES string of the molecule is O=C(CN(c1cccc(Br)c1)S(=O)(=O)c1ccccc1)Nc1ccc(Cl)c(Cl)c1. The Kier molecular flexibility index (Phi) is 6.85. The van der Waals surface area contributed by atoms with E-state index < -0.39 is 22.5 Å². The van der Waals surface area contributed by atoms with Crippen LogP contribution in [0.2, 0.25) is 10.0 Å². The molecule has 0 saturated heterocycles. The van der Waals surface area contributed by atoms with Gasteiger partial charge in [-0.15, -0.1) is 0 Å². The van der Waals surface area contributed by atoms with Crippen LogP contribution in [0.1, 0.15) is 0 Å². The summed E-state index contributed by atoms with van der Waals surface area (Å²) in [5.74, 6) is -0.525. The standard InChI is InChI=1S/C20H15BrCl2N2O3S/c21-14-5-4-6-16(11-14)25(29(27,28)17-7-2-1-3-8-17)13-20(26)24-15-9-10-18(22)19(23)12-15/h1-12H,13H2,(H,24,26). The number of carbonyl (C=O) groups is 1. The summed E-state index contributed by atoms with van der Waals surface area (Å²) in [5.41, 5.74) is 0.767. The molecular weight excluding hydrogens is 499 g/mol. The second kappa shape index (κ2) is 9.17. The fraction of sp³-hybridized carbons (Fsp3) is 0.0500. The lowest BCUT2D eigenvalue weighted by Crippen LogP contribution is -2.38. The molecule has 1 amide bonds. The van der Waals surface area contributed by atoms with Crippen molar-refractivity contribution in [3.05, 3.63) is 87.3 Å². The van der Waals surface area contributed by atoms with Crippen LogP contribution in [-0.2, 0) is 14.8 Å². The highest BCUT2D eigenvalue weighted by Crippen LogP contribution is 2.27. The minimum atomic E-state index is -3.97. The summed E-state index contributed by atoms with van der Waals surface area (Å²) in [6.45, 7) is -0.423. The molecule has 0 fully saturated rings. The van der Waals surface area contributed by atoms with Gasteiger partial charge >= 0.3 is 0 Å². The van der Waals surface area contributed by atoms with Gasteiger partial charge < -0.3 is 5.32 Å². The van der Waals surface area contributed by atoms with E-state index in [-0.39, 0.29) is 9.92 Å². The molecule has 0 saturated carbocycles. The maximum atomic E-state index is 13.2. The summed E-state index contributed by atoms with van der Waals surface area (Å²) in [4.78, 5) is 12.7. The first kappa shape index (κ1) is 21.6. The average Bonchev–Trinajstić information content (AvgIpc) is 2.69. The van der Waals surface area contributed by atoms with Crippen LogP contribution < -0.4 is 9.62 Å². The lowest BCUT2D eigenvalue weighted by atomic mass is 10.3. The number of anilines is 2. The second-order valence-electron chi connectivity index (χ2n) is 5.98. The van der Waals surface area contributed by atoms with Crippen molar-refractivity contribution in [1.82, 2.24) is 0 Å². The molecule has 9 heteroatoms. The minimum Gasteiger partial charge on any atom is -0.324 e. The van der Waals surface area contributed by atoms with Gasteiger partial charge in [-0.05, 0) is 48.5 Å². The molecule has 3 rings (SSSR count). The highest BCUT2D eigenvalue weighted by atomic mass is 79.9. The van der Waals surface area contributed by atoms with E-state index in [9.17, 15) is 13.2 Å². The Bertz CT molecular complexity index is 1140. The molecule has 0 bridgehead atoms. The molecule has 0 aliphatic rings. The van der Waals surface area contributed by atoms with Crippen molar-refractivity contribution >= 4 is 66.4 Å². The van der Waals surface area contributed by atoms with Crippen molar-refractivity contribution in [2.75, 3.05) is 16.2 Å². The lowest BCUT2D eigenvalue weighted by Gasteiger charge is -2.24. The number of halogens is 3. The maximum absolute atomic E-state index is 13.2. The average molecular weight is 514 g/mol. The molecule has 150 valence electrons. The Morgan fingerprint density at radius 2 is 1.66 bits per heavy atom. The van der Waals surface area contributed by atoms with E-state index in [4.69, 9.17) is 23.2 Å². The van der Waals surface area contributed by atoms with Crippen LogP contribution in [0.15, 0.2) is 82.2 Å². The Hall–Kier alpha value is -2.06. The Morgan fingerprint density at radius 1 is 0.931 bits per heavy atom. The van der Waals surface area contributed by atoms with Gasteiger partial charge in [-0.1, -0.05) is 63.4 Å². The number of hydrogen-bond acceptors (Lipinski definition) is 3. The van der Waals surface area contributed by atoms with Gasteiger partial charge in [-0.25, -0.2) is 8.42 Å². The van der Waals surface area contributed by atoms with Crippen molar-refractivity contribution in [2.45, 2.75) is 4.90 Å². The summed E-state index contributed by atoms with van der Waals surface area (Å²) in [5, 5.41) is 3.28. The molecule has 1 N–H and O–H groups in total. The molecule has 29 heavy (non-hydrogen) atoms. The number of amides is 1. The van der Waals surface area contributed by atoms with E-state index in [1.165, 1.54) is 18.2 Å². The predicted octanol–water partition coefficient (Wildman–Crippen LogP) is 5.59. The van der Waals surface area contributed by atoms with Gasteiger partial charge in [0.1, 0.15) is 6.54 Å². The van der Waals surface area contributed by atoms with Crippen LogP contribution >= 0.6 is 39.1 Å². The molecule has 0 radical (unpaired) electrons. The molecule has 0 heterocycles. The molecule has 3 aromatic carbocycles. The Labute approximate surface area is 187 Å². The largest absolute Gasteiger partial charge is 0.324 e. The fourth-order valence-electron chi connectivity index (χ4n) is 2.57. The highest BCUT2D eigenvalue weighted by molar-refractivity contribution is 9.10. The van der Waals surface area contributed by atoms with Gasteiger partial charge in [-0.2, -0.15) is 0 Å². The molecule has 3 aromatic rings. The molecule has 0 atom stereocenters. The maximum Gasteiger partial charge on any atom is 0.264 e. The summed E-state index contributed by atoms with van der Waals surface area (Å²) in [6, 6.07) is 19.3. The normalized spacial score (nSPS) is 11.1. The van der Waals surface area contributed by atoms with Gasteiger partial charge in [0.25, 0.3) is 10.0 Å². The Morgan fingerprint density at radius 3 is 2.31 bits per heavy atom. The molecule has 0 aliphatic heterocycles. The molecule has 0 aromatic heterocycles. The van der Waals surface area contributed by atoms with Crippen molar-refractivity contribution in [3.63, 3.8) is 0 Å². The van der Waals surface area contributed by atoms with Gasteiger partial charge in [0, 0.05) is 10.2 Å². The highest BCUT2D eigenvalue weighted by Gasteiger charge is 2.27. The quantitative estimate of drug-likeness (QED) is 0.467. The van der Waals surface area contributed by atoms with Crippen LogP contribution in [0.3, 0.4) is 0 Å². The van der Waals surface area contributed by atoms with Crippen LogP contribution in [0.4, 0.5) is 11.4 Å². The Balaban J connectivity index is 1.93. The van der Waals surface area contributed by atoms with Crippen LogP contribution in [0, 0.1) is 0 Å². The first-order valence-corrected chi connectivity index (χ1v) is 11.3. The first-order valence-electron chi connectivity index (χ1n) is 8.35. The number of carbonyl (C=O) groups excluding carboxylic acids is 1. The van der Waals surface area contributed by atoms with E-state index >= 15 is 0 Å². The predicted molar refractivity (Wildman–Crippen MR) is 120 cm³/mol. The fourth-order valence-corrected chi connectivity index (χ4v) is 4.69. The molecule has 0 spiro atoms. The number of rotatable bonds is 6. The van der Waals surface area contributed by atoms with E-state index in [2.05, 4.69) is 21.2 Å². The number of nitrogens with zero attached hydrogens (tertiary/aromatic N) is 1. The van der Waals surface area contributed by atoms with E-state index in [0.29, 0.717) is 20.9 Å². The monoisotopic (exact) mass is 512 g/mol. The first-order chi connectivity index (χ1) is 13.8. The zero-order valence-corrected chi connectivity index (χ0v) is 18.8. The molecular formula is C20H15BrCl2N2O3S.